The molecule has 1 aliphatic rings. The molecule has 0 atom stereocenters. The van der Waals surface area contributed by atoms with Crippen LogP contribution in [0.2, 0.25) is 0 Å². The molecule has 0 spiro atoms. The number of aliphatic hydroxyl groups is 1. The molecular weight excluding hydrogens is 346 g/mol. The van der Waals surface area contributed by atoms with Crippen LogP contribution >= 0.6 is 15.9 Å². The molecule has 1 N–H and O–H groups in total. The maximum Gasteiger partial charge on any atom is 0.410 e. The van der Waals surface area contributed by atoms with E-state index < -0.39 is 11.7 Å². The molecule has 1 saturated heterocycles. The predicted molar refractivity (Wildman–Crippen MR) is 86.2 cm³/mol. The van der Waals surface area contributed by atoms with Crippen LogP contribution in [0.4, 0.5) is 4.79 Å². The van der Waals surface area contributed by atoms with Crippen molar-refractivity contribution in [2.24, 2.45) is 0 Å². The number of hydrogen-bond acceptors (Lipinski definition) is 3. The highest BCUT2D eigenvalue weighted by molar-refractivity contribution is 9.10. The zero-order valence-electron chi connectivity index (χ0n) is 11.9. The average molecular weight is 362 g/mol. The molecule has 0 saturated carbocycles. The Morgan fingerprint density at radius 2 is 1.77 bits per heavy atom. The van der Waals surface area contributed by atoms with Crippen molar-refractivity contribution in [3.05, 3.63) is 70.2 Å². The maximum atomic E-state index is 12.0. The van der Waals surface area contributed by atoms with E-state index in [0.29, 0.717) is 0 Å². The Balaban J connectivity index is 1.54. The third-order valence-electron chi connectivity index (χ3n) is 3.75. The number of carbonyl (C=O) groups excluding carboxylic acids is 1. The molecule has 22 heavy (non-hydrogen) atoms. The smallest absolute Gasteiger partial charge is 0.410 e. The van der Waals surface area contributed by atoms with E-state index in [2.05, 4.69) is 15.9 Å². The molecule has 0 aromatic heterocycles. The quantitative estimate of drug-likeness (QED) is 0.912. The molecule has 2 aromatic rings. The van der Waals surface area contributed by atoms with Crippen molar-refractivity contribution in [2.75, 3.05) is 13.1 Å². The second kappa shape index (κ2) is 6.10. The molecule has 0 radical (unpaired) electrons. The van der Waals surface area contributed by atoms with Crippen LogP contribution in [0, 0.1) is 0 Å². The average Bonchev–Trinajstić information content (AvgIpc) is 2.51. The van der Waals surface area contributed by atoms with Crippen LogP contribution in [-0.4, -0.2) is 29.2 Å². The number of amides is 1. The molecule has 1 fully saturated rings. The highest BCUT2D eigenvalue weighted by Gasteiger charge is 2.45. The third kappa shape index (κ3) is 3.15. The van der Waals surface area contributed by atoms with Crippen LogP contribution in [0.1, 0.15) is 11.1 Å². The minimum absolute atomic E-state index is 0.243. The van der Waals surface area contributed by atoms with Gasteiger partial charge < -0.3 is 14.7 Å². The Bertz CT molecular complexity index is 651. The van der Waals surface area contributed by atoms with Crippen molar-refractivity contribution in [2.45, 2.75) is 12.2 Å². The summed E-state index contributed by atoms with van der Waals surface area (Å²) in [5.41, 5.74) is 0.772. The first kappa shape index (κ1) is 15.1. The van der Waals surface area contributed by atoms with E-state index in [4.69, 9.17) is 4.74 Å². The number of β-amino-alcohol motifs (C(OH)–C–C–N with tert-alkyl or cyclic N) is 1. The van der Waals surface area contributed by atoms with E-state index in [1.807, 2.05) is 54.6 Å². The highest BCUT2D eigenvalue weighted by Crippen LogP contribution is 2.32. The number of rotatable bonds is 3. The number of nitrogens with zero attached hydrogens (tertiary/aromatic N) is 1. The minimum Gasteiger partial charge on any atom is -0.445 e. The molecule has 114 valence electrons. The predicted octanol–water partition coefficient (Wildman–Crippen LogP) is 3.29. The summed E-state index contributed by atoms with van der Waals surface area (Å²) in [7, 11) is 0. The summed E-state index contributed by atoms with van der Waals surface area (Å²) in [4.78, 5) is 13.5. The molecule has 0 aliphatic carbocycles. The highest BCUT2D eigenvalue weighted by atomic mass is 79.9. The zero-order chi connectivity index (χ0) is 15.6. The lowest BCUT2D eigenvalue weighted by Crippen LogP contribution is -2.61. The van der Waals surface area contributed by atoms with Crippen molar-refractivity contribution in [1.29, 1.82) is 0 Å². The summed E-state index contributed by atoms with van der Waals surface area (Å²) in [6, 6.07) is 17.0. The number of halogens is 1. The van der Waals surface area contributed by atoms with E-state index in [1.165, 1.54) is 4.90 Å². The van der Waals surface area contributed by atoms with Gasteiger partial charge in [0.05, 0.1) is 13.1 Å². The minimum atomic E-state index is -0.980. The molecule has 1 aliphatic heterocycles. The van der Waals surface area contributed by atoms with Crippen LogP contribution in [0.15, 0.2) is 59.1 Å². The van der Waals surface area contributed by atoms with Crippen molar-refractivity contribution < 1.29 is 14.6 Å². The van der Waals surface area contributed by atoms with Crippen molar-refractivity contribution in [3.63, 3.8) is 0 Å². The van der Waals surface area contributed by atoms with Gasteiger partial charge in [0.25, 0.3) is 0 Å². The summed E-state index contributed by atoms with van der Waals surface area (Å²) in [5, 5.41) is 10.5. The van der Waals surface area contributed by atoms with Crippen LogP contribution < -0.4 is 0 Å². The molecule has 3 rings (SSSR count). The van der Waals surface area contributed by atoms with Gasteiger partial charge in [-0.15, -0.1) is 0 Å². The number of benzene rings is 2. The molecule has 2 aromatic carbocycles. The van der Waals surface area contributed by atoms with E-state index in [0.717, 1.165) is 15.6 Å². The van der Waals surface area contributed by atoms with E-state index >= 15 is 0 Å². The fourth-order valence-electron chi connectivity index (χ4n) is 2.47. The van der Waals surface area contributed by atoms with Crippen LogP contribution in [0.25, 0.3) is 0 Å². The summed E-state index contributed by atoms with van der Waals surface area (Å²) in [5.74, 6) is 0. The summed E-state index contributed by atoms with van der Waals surface area (Å²) in [6.45, 7) is 0.747. The van der Waals surface area contributed by atoms with Crippen LogP contribution in [-0.2, 0) is 16.9 Å². The van der Waals surface area contributed by atoms with Gasteiger partial charge in [-0.3, -0.25) is 0 Å². The van der Waals surface area contributed by atoms with Gasteiger partial charge >= 0.3 is 6.09 Å². The lowest BCUT2D eigenvalue weighted by molar-refractivity contribution is -0.0949. The van der Waals surface area contributed by atoms with E-state index in [-0.39, 0.29) is 19.7 Å². The fraction of sp³-hybridized carbons (Fsp3) is 0.235. The second-order valence-electron chi connectivity index (χ2n) is 5.43. The topological polar surface area (TPSA) is 49.8 Å². The summed E-state index contributed by atoms with van der Waals surface area (Å²) >= 11 is 3.36. The first-order valence-electron chi connectivity index (χ1n) is 7.01. The Morgan fingerprint density at radius 1 is 1.14 bits per heavy atom. The standard InChI is InChI=1S/C17H16BrNO3/c18-15-8-6-14(7-9-15)17(21)11-19(12-17)16(20)22-10-13-4-2-1-3-5-13/h1-9,21H,10-12H2. The Labute approximate surface area is 137 Å². The second-order valence-corrected chi connectivity index (χ2v) is 6.35. The lowest BCUT2D eigenvalue weighted by atomic mass is 9.86. The molecule has 0 bridgehead atoms. The van der Waals surface area contributed by atoms with Gasteiger partial charge in [0.2, 0.25) is 0 Å². The monoisotopic (exact) mass is 361 g/mol. The molecular formula is C17H16BrNO3. The third-order valence-corrected chi connectivity index (χ3v) is 4.28. The number of likely N-dealkylation sites (tertiary alicyclic amines) is 1. The fourth-order valence-corrected chi connectivity index (χ4v) is 2.73. The van der Waals surface area contributed by atoms with Crippen LogP contribution in [0.3, 0.4) is 0 Å². The Hall–Kier alpha value is -1.85. The SMILES string of the molecule is O=C(OCc1ccccc1)N1CC(O)(c2ccc(Br)cc2)C1. The number of carbonyl (C=O) groups is 1. The summed E-state index contributed by atoms with van der Waals surface area (Å²) < 4.78 is 6.21. The van der Waals surface area contributed by atoms with Gasteiger partial charge in [-0.2, -0.15) is 0 Å². The molecule has 5 heteroatoms. The Kier molecular flexibility index (Phi) is 4.18. The van der Waals surface area contributed by atoms with Crippen molar-refractivity contribution in [1.82, 2.24) is 4.90 Å². The first-order chi connectivity index (χ1) is 10.6. The largest absolute Gasteiger partial charge is 0.445 e. The number of hydrogen-bond donors (Lipinski definition) is 1. The summed E-state index contributed by atoms with van der Waals surface area (Å²) in [6.07, 6.45) is -0.398. The van der Waals surface area contributed by atoms with Crippen LogP contribution in [0.5, 0.6) is 0 Å². The first-order valence-corrected chi connectivity index (χ1v) is 7.80. The van der Waals surface area contributed by atoms with Crippen molar-refractivity contribution >= 4 is 22.0 Å². The van der Waals surface area contributed by atoms with E-state index in [1.54, 1.807) is 0 Å². The van der Waals surface area contributed by atoms with Crippen molar-refractivity contribution in [3.8, 4) is 0 Å². The number of ether oxygens (including phenoxy) is 1. The Morgan fingerprint density at radius 3 is 2.41 bits per heavy atom. The van der Waals surface area contributed by atoms with Gasteiger partial charge in [-0.25, -0.2) is 4.79 Å². The van der Waals surface area contributed by atoms with Gasteiger partial charge in [0.1, 0.15) is 12.2 Å². The molecule has 1 amide bonds. The van der Waals surface area contributed by atoms with E-state index in [9.17, 15) is 9.90 Å². The molecule has 4 nitrogen and oxygen atoms in total. The zero-order valence-corrected chi connectivity index (χ0v) is 13.5. The molecule has 1 heterocycles. The van der Waals surface area contributed by atoms with Gasteiger partial charge in [-0.1, -0.05) is 58.4 Å². The van der Waals surface area contributed by atoms with Gasteiger partial charge in [0.15, 0.2) is 0 Å². The van der Waals surface area contributed by atoms with Gasteiger partial charge in [0, 0.05) is 4.47 Å². The van der Waals surface area contributed by atoms with Gasteiger partial charge in [-0.05, 0) is 23.3 Å². The lowest BCUT2D eigenvalue weighted by Gasteiger charge is -2.45. The normalized spacial score (nSPS) is 16.0. The molecule has 0 unspecified atom stereocenters. The maximum absolute atomic E-state index is 12.0.